The summed E-state index contributed by atoms with van der Waals surface area (Å²) in [5, 5.41) is 2.90. The monoisotopic (exact) mass is 367 g/mol. The van der Waals surface area contributed by atoms with Crippen LogP contribution in [-0.2, 0) is 4.79 Å². The smallest absolute Gasteiger partial charge is 0.254 e. The lowest BCUT2D eigenvalue weighted by Crippen LogP contribution is -2.43. The van der Waals surface area contributed by atoms with E-state index in [0.717, 1.165) is 17.9 Å². The first kappa shape index (κ1) is 18.8. The van der Waals surface area contributed by atoms with Crippen molar-refractivity contribution in [1.82, 2.24) is 4.90 Å². The van der Waals surface area contributed by atoms with Crippen molar-refractivity contribution in [3.8, 4) is 5.75 Å². The van der Waals surface area contributed by atoms with Crippen molar-refractivity contribution in [2.24, 2.45) is 0 Å². The summed E-state index contributed by atoms with van der Waals surface area (Å²) in [6.45, 7) is 0.589. The van der Waals surface area contributed by atoms with Gasteiger partial charge in [0.05, 0.1) is 7.11 Å². The molecule has 2 aromatic rings. The van der Waals surface area contributed by atoms with Gasteiger partial charge in [-0.2, -0.15) is 0 Å². The van der Waals surface area contributed by atoms with E-state index in [4.69, 9.17) is 4.74 Å². The van der Waals surface area contributed by atoms with Gasteiger partial charge in [0, 0.05) is 37.6 Å². The predicted octanol–water partition coefficient (Wildman–Crippen LogP) is 3.00. The molecule has 1 heterocycles. The largest absolute Gasteiger partial charge is 0.497 e. The van der Waals surface area contributed by atoms with E-state index in [0.29, 0.717) is 24.2 Å². The number of carbonyl (C=O) groups is 2. The highest BCUT2D eigenvalue weighted by Gasteiger charge is 2.34. The highest BCUT2D eigenvalue weighted by atomic mass is 16.5. The number of anilines is 2. The minimum Gasteiger partial charge on any atom is -0.497 e. The maximum absolute atomic E-state index is 13.0. The van der Waals surface area contributed by atoms with Gasteiger partial charge in [-0.25, -0.2) is 0 Å². The number of benzene rings is 2. The minimum absolute atomic E-state index is 0.105. The first-order chi connectivity index (χ1) is 13.0. The topological polar surface area (TPSA) is 61.9 Å². The van der Waals surface area contributed by atoms with Gasteiger partial charge in [0.1, 0.15) is 11.8 Å². The Morgan fingerprint density at radius 2 is 1.89 bits per heavy atom. The molecule has 1 saturated heterocycles. The van der Waals surface area contributed by atoms with Crippen molar-refractivity contribution in [1.29, 1.82) is 0 Å². The van der Waals surface area contributed by atoms with Crippen LogP contribution < -0.4 is 15.0 Å². The molecular weight excluding hydrogens is 342 g/mol. The van der Waals surface area contributed by atoms with E-state index in [1.165, 1.54) is 0 Å². The molecule has 0 saturated carbocycles. The van der Waals surface area contributed by atoms with Crippen molar-refractivity contribution < 1.29 is 14.3 Å². The Morgan fingerprint density at radius 1 is 1.15 bits per heavy atom. The molecule has 0 spiro atoms. The molecule has 1 aliphatic rings. The predicted molar refractivity (Wildman–Crippen MR) is 106 cm³/mol. The van der Waals surface area contributed by atoms with Crippen LogP contribution in [0.5, 0.6) is 5.75 Å². The first-order valence-electron chi connectivity index (χ1n) is 9.03. The zero-order valence-corrected chi connectivity index (χ0v) is 15.9. The van der Waals surface area contributed by atoms with Gasteiger partial charge in [0.2, 0.25) is 5.91 Å². The maximum atomic E-state index is 13.0. The number of methoxy groups -OCH3 is 1. The number of carbonyl (C=O) groups excluding carboxylic acids is 2. The average molecular weight is 367 g/mol. The Labute approximate surface area is 159 Å². The molecule has 1 N–H and O–H groups in total. The number of nitrogens with one attached hydrogen (secondary N) is 1. The van der Waals surface area contributed by atoms with Gasteiger partial charge in [-0.3, -0.25) is 9.59 Å². The Balaban J connectivity index is 1.73. The van der Waals surface area contributed by atoms with Crippen LogP contribution in [0.2, 0.25) is 0 Å². The lowest BCUT2D eigenvalue weighted by atomic mass is 10.1. The summed E-state index contributed by atoms with van der Waals surface area (Å²) in [6, 6.07) is 14.2. The Hall–Kier alpha value is -3.02. The number of nitrogens with zero attached hydrogens (tertiary/aromatic N) is 2. The summed E-state index contributed by atoms with van der Waals surface area (Å²) in [5.41, 5.74) is 2.25. The second kappa shape index (κ2) is 8.12. The van der Waals surface area contributed by atoms with Crippen molar-refractivity contribution in [2.75, 3.05) is 38.0 Å². The van der Waals surface area contributed by atoms with Crippen molar-refractivity contribution >= 4 is 23.2 Å². The number of likely N-dealkylation sites (tertiary alicyclic amines) is 1. The molecule has 1 atom stereocenters. The van der Waals surface area contributed by atoms with E-state index in [1.807, 2.05) is 37.2 Å². The van der Waals surface area contributed by atoms with Crippen LogP contribution in [-0.4, -0.2) is 50.5 Å². The van der Waals surface area contributed by atoms with Crippen LogP contribution in [0.4, 0.5) is 11.4 Å². The normalized spacial score (nSPS) is 16.1. The molecule has 2 aromatic carbocycles. The summed E-state index contributed by atoms with van der Waals surface area (Å²) in [7, 11) is 5.47. The van der Waals surface area contributed by atoms with Crippen molar-refractivity contribution in [3.05, 3.63) is 54.1 Å². The molecule has 0 radical (unpaired) electrons. The molecule has 0 bridgehead atoms. The SMILES string of the molecule is COc1ccc(NC(=O)C2CCCN2C(=O)c2cccc(N(C)C)c2)cc1. The standard InChI is InChI=1S/C21H25N3O3/c1-23(2)17-7-4-6-15(14-17)21(26)24-13-5-8-19(24)20(25)22-16-9-11-18(27-3)12-10-16/h4,6-7,9-12,14,19H,5,8,13H2,1-3H3,(H,22,25). The van der Waals surface area contributed by atoms with E-state index >= 15 is 0 Å². The van der Waals surface area contributed by atoms with Crippen LogP contribution in [0.25, 0.3) is 0 Å². The third-order valence-corrected chi connectivity index (χ3v) is 4.78. The molecule has 6 heteroatoms. The van der Waals surface area contributed by atoms with Crippen LogP contribution in [0.3, 0.4) is 0 Å². The number of amides is 2. The second-order valence-corrected chi connectivity index (χ2v) is 6.82. The summed E-state index contributed by atoms with van der Waals surface area (Å²) < 4.78 is 5.13. The third-order valence-electron chi connectivity index (χ3n) is 4.78. The van der Waals surface area contributed by atoms with E-state index in [2.05, 4.69) is 5.32 Å². The Bertz CT molecular complexity index is 818. The van der Waals surface area contributed by atoms with Crippen LogP contribution in [0, 0.1) is 0 Å². The minimum atomic E-state index is -0.456. The fourth-order valence-electron chi connectivity index (χ4n) is 3.27. The lowest BCUT2D eigenvalue weighted by molar-refractivity contribution is -0.119. The van der Waals surface area contributed by atoms with Gasteiger partial charge in [-0.15, -0.1) is 0 Å². The van der Waals surface area contributed by atoms with Crippen LogP contribution >= 0.6 is 0 Å². The highest BCUT2D eigenvalue weighted by Crippen LogP contribution is 2.24. The molecule has 1 fully saturated rings. The number of rotatable bonds is 5. The van der Waals surface area contributed by atoms with Gasteiger partial charge in [-0.05, 0) is 55.3 Å². The maximum Gasteiger partial charge on any atom is 0.254 e. The van der Waals surface area contributed by atoms with Gasteiger partial charge >= 0.3 is 0 Å². The molecule has 2 amide bonds. The van der Waals surface area contributed by atoms with Gasteiger partial charge in [0.25, 0.3) is 5.91 Å². The third kappa shape index (κ3) is 4.22. The Kier molecular flexibility index (Phi) is 5.64. The van der Waals surface area contributed by atoms with Crippen molar-refractivity contribution in [3.63, 3.8) is 0 Å². The molecule has 142 valence electrons. The molecule has 3 rings (SSSR count). The zero-order valence-electron chi connectivity index (χ0n) is 15.9. The summed E-state index contributed by atoms with van der Waals surface area (Å²) >= 11 is 0. The molecular formula is C21H25N3O3. The molecule has 1 unspecified atom stereocenters. The molecule has 1 aliphatic heterocycles. The first-order valence-corrected chi connectivity index (χ1v) is 9.03. The molecule has 27 heavy (non-hydrogen) atoms. The fraction of sp³-hybridized carbons (Fsp3) is 0.333. The lowest BCUT2D eigenvalue weighted by Gasteiger charge is -2.24. The zero-order chi connectivity index (χ0) is 19.4. The fourth-order valence-corrected chi connectivity index (χ4v) is 3.27. The summed E-state index contributed by atoms with van der Waals surface area (Å²) in [5.74, 6) is 0.465. The van der Waals surface area contributed by atoms with E-state index in [9.17, 15) is 9.59 Å². The average Bonchev–Trinajstić information content (AvgIpc) is 3.18. The number of hydrogen-bond acceptors (Lipinski definition) is 4. The van der Waals surface area contributed by atoms with Gasteiger partial charge in [-0.1, -0.05) is 6.07 Å². The van der Waals surface area contributed by atoms with E-state index < -0.39 is 6.04 Å². The Morgan fingerprint density at radius 3 is 2.56 bits per heavy atom. The summed E-state index contributed by atoms with van der Waals surface area (Å²) in [6.07, 6.45) is 1.49. The number of hydrogen-bond donors (Lipinski definition) is 1. The van der Waals surface area contributed by atoms with Gasteiger partial charge in [0.15, 0.2) is 0 Å². The quantitative estimate of drug-likeness (QED) is 0.882. The molecule has 6 nitrogen and oxygen atoms in total. The summed E-state index contributed by atoms with van der Waals surface area (Å²) in [4.78, 5) is 29.4. The van der Waals surface area contributed by atoms with Crippen molar-refractivity contribution in [2.45, 2.75) is 18.9 Å². The number of ether oxygens (including phenoxy) is 1. The second-order valence-electron chi connectivity index (χ2n) is 6.82. The van der Waals surface area contributed by atoms with E-state index in [1.54, 1.807) is 42.3 Å². The highest BCUT2D eigenvalue weighted by molar-refractivity contribution is 6.02. The van der Waals surface area contributed by atoms with Gasteiger partial charge < -0.3 is 19.9 Å². The van der Waals surface area contributed by atoms with Crippen LogP contribution in [0.15, 0.2) is 48.5 Å². The molecule has 0 aromatic heterocycles. The van der Waals surface area contributed by atoms with E-state index in [-0.39, 0.29) is 11.8 Å². The molecule has 0 aliphatic carbocycles. The van der Waals surface area contributed by atoms with Crippen LogP contribution in [0.1, 0.15) is 23.2 Å².